The molecule has 2 aliphatic heterocycles. The average Bonchev–Trinajstić information content (AvgIpc) is 3.34. The van der Waals surface area contributed by atoms with Crippen LogP contribution in [0.25, 0.3) is 11.3 Å². The summed E-state index contributed by atoms with van der Waals surface area (Å²) in [6.45, 7) is 1.61. The number of anilines is 1. The summed E-state index contributed by atoms with van der Waals surface area (Å²) in [5.74, 6) is 0.604. The van der Waals surface area contributed by atoms with Crippen LogP contribution in [0, 0.1) is 0 Å². The van der Waals surface area contributed by atoms with Crippen LogP contribution in [0.2, 0.25) is 0 Å². The molecule has 0 bridgehead atoms. The predicted molar refractivity (Wildman–Crippen MR) is 96.8 cm³/mol. The zero-order valence-corrected chi connectivity index (χ0v) is 14.7. The monoisotopic (exact) mass is 380 g/mol. The maximum atomic E-state index is 11.1. The van der Waals surface area contributed by atoms with Gasteiger partial charge in [0.15, 0.2) is 5.76 Å². The van der Waals surface area contributed by atoms with Gasteiger partial charge in [-0.2, -0.15) is 4.31 Å². The Kier molecular flexibility index (Phi) is 4.27. The zero-order chi connectivity index (χ0) is 18.3. The Hall–Kier alpha value is -2.27. The third kappa shape index (κ3) is 2.90. The van der Waals surface area contributed by atoms with E-state index in [0.717, 1.165) is 5.56 Å². The van der Waals surface area contributed by atoms with Gasteiger partial charge in [0.2, 0.25) is 0 Å². The second-order valence-corrected chi connectivity index (χ2v) is 8.22. The SMILES string of the molecule is O=C(O)N1CCC(N2CCN(c3cccc(-c4ccno4)c3)S2(O)O)C1. The molecule has 1 unspecified atom stereocenters. The number of carboxylic acid groups (broad SMARTS) is 1. The lowest BCUT2D eigenvalue weighted by molar-refractivity contribution is 0.152. The molecule has 0 saturated carbocycles. The Bertz CT molecular complexity index is 800. The first-order valence-electron chi connectivity index (χ1n) is 8.28. The van der Waals surface area contributed by atoms with Crippen molar-refractivity contribution in [2.24, 2.45) is 0 Å². The van der Waals surface area contributed by atoms with Gasteiger partial charge in [0, 0.05) is 31.3 Å². The number of benzene rings is 1. The first-order valence-corrected chi connectivity index (χ1v) is 9.74. The summed E-state index contributed by atoms with van der Waals surface area (Å²) in [7, 11) is -3.20. The number of hydrogen-bond acceptors (Lipinski definition) is 7. The Morgan fingerprint density at radius 3 is 2.77 bits per heavy atom. The van der Waals surface area contributed by atoms with Crippen LogP contribution in [-0.2, 0) is 0 Å². The van der Waals surface area contributed by atoms with Crippen LogP contribution < -0.4 is 4.31 Å². The van der Waals surface area contributed by atoms with Crippen molar-refractivity contribution < 1.29 is 23.5 Å². The summed E-state index contributed by atoms with van der Waals surface area (Å²) in [6.07, 6.45) is 1.18. The molecule has 1 atom stereocenters. The summed E-state index contributed by atoms with van der Waals surface area (Å²) in [5, 5.41) is 12.8. The van der Waals surface area contributed by atoms with Gasteiger partial charge in [-0.25, -0.2) is 4.79 Å². The molecule has 10 heteroatoms. The summed E-state index contributed by atoms with van der Waals surface area (Å²) in [6, 6.07) is 8.88. The molecule has 4 rings (SSSR count). The molecule has 1 aromatic carbocycles. The second kappa shape index (κ2) is 6.47. The maximum absolute atomic E-state index is 11.1. The molecule has 2 fully saturated rings. The molecule has 0 aliphatic carbocycles. The largest absolute Gasteiger partial charge is 0.465 e. The number of aromatic nitrogens is 1. The molecule has 2 aromatic rings. The Morgan fingerprint density at radius 1 is 1.23 bits per heavy atom. The minimum atomic E-state index is -3.20. The number of hydrogen-bond donors (Lipinski definition) is 3. The fourth-order valence-corrected chi connectivity index (χ4v) is 5.42. The van der Waals surface area contributed by atoms with E-state index in [1.54, 1.807) is 20.9 Å². The first kappa shape index (κ1) is 17.2. The van der Waals surface area contributed by atoms with Crippen molar-refractivity contribution in [2.75, 3.05) is 30.5 Å². The summed E-state index contributed by atoms with van der Waals surface area (Å²) in [4.78, 5) is 12.4. The van der Waals surface area contributed by atoms with E-state index in [1.165, 1.54) is 4.90 Å². The highest BCUT2D eigenvalue weighted by atomic mass is 32.3. The summed E-state index contributed by atoms with van der Waals surface area (Å²) in [5.41, 5.74) is 1.47. The molecule has 0 radical (unpaired) electrons. The van der Waals surface area contributed by atoms with E-state index in [9.17, 15) is 13.9 Å². The van der Waals surface area contributed by atoms with Crippen LogP contribution >= 0.6 is 11.0 Å². The highest BCUT2D eigenvalue weighted by Gasteiger charge is 2.44. The van der Waals surface area contributed by atoms with Crippen LogP contribution in [0.4, 0.5) is 10.5 Å². The molecule has 2 aliphatic rings. The van der Waals surface area contributed by atoms with E-state index in [1.807, 2.05) is 24.3 Å². The fraction of sp³-hybridized carbons (Fsp3) is 0.375. The second-order valence-electron chi connectivity index (χ2n) is 6.33. The van der Waals surface area contributed by atoms with Gasteiger partial charge < -0.3 is 14.5 Å². The zero-order valence-electron chi connectivity index (χ0n) is 13.9. The van der Waals surface area contributed by atoms with Crippen LogP contribution in [-0.4, -0.2) is 66.9 Å². The van der Waals surface area contributed by atoms with E-state index in [4.69, 9.17) is 9.63 Å². The minimum absolute atomic E-state index is 0.196. The number of rotatable bonds is 3. The standard InChI is InChI=1S/C16H20N4O5S/c21-16(22)18-7-5-14(11-18)20-9-8-19(26(20,23)24)13-3-1-2-12(10-13)15-4-6-17-25-15/h1-4,6,10,14,23-24H,5,7-9,11H2,(H,21,22). The van der Waals surface area contributed by atoms with E-state index in [-0.39, 0.29) is 12.6 Å². The molecule has 1 amide bonds. The molecular formula is C16H20N4O5S. The number of amides is 1. The van der Waals surface area contributed by atoms with Crippen LogP contribution in [0.15, 0.2) is 41.1 Å². The number of nitrogens with zero attached hydrogens (tertiary/aromatic N) is 4. The lowest BCUT2D eigenvalue weighted by atomic mass is 10.1. The van der Waals surface area contributed by atoms with Gasteiger partial charge in [-0.3, -0.25) is 13.4 Å². The van der Waals surface area contributed by atoms with Gasteiger partial charge in [0.05, 0.1) is 24.5 Å². The third-order valence-electron chi connectivity index (χ3n) is 4.83. The normalized spacial score (nSPS) is 24.2. The van der Waals surface area contributed by atoms with Gasteiger partial charge in [0.25, 0.3) is 0 Å². The van der Waals surface area contributed by atoms with Crippen LogP contribution in [0.1, 0.15) is 6.42 Å². The van der Waals surface area contributed by atoms with E-state index < -0.39 is 17.1 Å². The highest BCUT2D eigenvalue weighted by molar-refractivity contribution is 8.23. The molecule has 9 nitrogen and oxygen atoms in total. The lowest BCUT2D eigenvalue weighted by Crippen LogP contribution is -2.39. The van der Waals surface area contributed by atoms with Crippen LogP contribution in [0.3, 0.4) is 0 Å². The molecule has 26 heavy (non-hydrogen) atoms. The van der Waals surface area contributed by atoms with Crippen molar-refractivity contribution in [1.29, 1.82) is 0 Å². The van der Waals surface area contributed by atoms with Gasteiger partial charge in [-0.1, -0.05) is 28.3 Å². The van der Waals surface area contributed by atoms with Crippen LogP contribution in [0.5, 0.6) is 0 Å². The molecule has 0 spiro atoms. The quantitative estimate of drug-likeness (QED) is 0.745. The average molecular weight is 380 g/mol. The van der Waals surface area contributed by atoms with Crippen molar-refractivity contribution in [3.05, 3.63) is 36.5 Å². The molecule has 2 saturated heterocycles. The number of likely N-dealkylation sites (tertiary alicyclic amines) is 1. The highest BCUT2D eigenvalue weighted by Crippen LogP contribution is 2.55. The van der Waals surface area contributed by atoms with Gasteiger partial charge in [-0.15, -0.1) is 0 Å². The summed E-state index contributed by atoms with van der Waals surface area (Å²) < 4.78 is 30.1. The van der Waals surface area contributed by atoms with Gasteiger partial charge >= 0.3 is 6.09 Å². The third-order valence-corrected chi connectivity index (χ3v) is 6.93. The molecule has 1 aromatic heterocycles. The van der Waals surface area contributed by atoms with Crippen molar-refractivity contribution in [1.82, 2.24) is 14.4 Å². The topological polar surface area (TPSA) is 114 Å². The molecule has 3 heterocycles. The smallest absolute Gasteiger partial charge is 0.407 e. The lowest BCUT2D eigenvalue weighted by Gasteiger charge is -2.45. The minimum Gasteiger partial charge on any atom is -0.465 e. The van der Waals surface area contributed by atoms with E-state index in [2.05, 4.69) is 5.16 Å². The van der Waals surface area contributed by atoms with Crippen molar-refractivity contribution in [2.45, 2.75) is 12.5 Å². The van der Waals surface area contributed by atoms with Crippen molar-refractivity contribution >= 4 is 22.7 Å². The maximum Gasteiger partial charge on any atom is 0.407 e. The van der Waals surface area contributed by atoms with E-state index >= 15 is 0 Å². The van der Waals surface area contributed by atoms with Gasteiger partial charge in [0.1, 0.15) is 0 Å². The number of carbonyl (C=O) groups is 1. The van der Waals surface area contributed by atoms with Crippen molar-refractivity contribution in [3.63, 3.8) is 0 Å². The Balaban J connectivity index is 1.56. The Labute approximate surface area is 152 Å². The summed E-state index contributed by atoms with van der Waals surface area (Å²) >= 11 is 0. The van der Waals surface area contributed by atoms with Crippen molar-refractivity contribution in [3.8, 4) is 11.3 Å². The Morgan fingerprint density at radius 2 is 2.08 bits per heavy atom. The molecular weight excluding hydrogens is 360 g/mol. The predicted octanol–water partition coefficient (Wildman–Crippen LogP) is 2.80. The molecule has 3 N–H and O–H groups in total. The first-order chi connectivity index (χ1) is 12.5. The fourth-order valence-electron chi connectivity index (χ4n) is 3.54. The van der Waals surface area contributed by atoms with E-state index in [0.29, 0.717) is 37.5 Å². The van der Waals surface area contributed by atoms with Gasteiger partial charge in [-0.05, 0) is 18.6 Å². The molecule has 140 valence electrons.